The lowest BCUT2D eigenvalue weighted by Crippen LogP contribution is -2.50. The highest BCUT2D eigenvalue weighted by molar-refractivity contribution is 5.74. The summed E-state index contributed by atoms with van der Waals surface area (Å²) >= 11 is 0. The van der Waals surface area contributed by atoms with E-state index in [4.69, 9.17) is 5.11 Å². The molecule has 1 aliphatic heterocycles. The molecule has 1 aliphatic rings. The van der Waals surface area contributed by atoms with Crippen LogP contribution in [0.5, 0.6) is 0 Å². The van der Waals surface area contributed by atoms with Crippen molar-refractivity contribution >= 4 is 17.4 Å². The lowest BCUT2D eigenvalue weighted by Gasteiger charge is -2.34. The van der Waals surface area contributed by atoms with Gasteiger partial charge in [0.05, 0.1) is 0 Å². The number of nitrogens with zero attached hydrogens (tertiary/aromatic N) is 2. The van der Waals surface area contributed by atoms with Gasteiger partial charge in [0.25, 0.3) is 0 Å². The average molecular weight is 348 g/mol. The highest BCUT2D eigenvalue weighted by Crippen LogP contribution is 2.23. The van der Waals surface area contributed by atoms with Gasteiger partial charge in [-0.25, -0.2) is 4.79 Å². The van der Waals surface area contributed by atoms with E-state index in [0.29, 0.717) is 0 Å². The molecule has 1 fully saturated rings. The molecule has 0 aliphatic carbocycles. The zero-order chi connectivity index (χ0) is 18.4. The Balaban J connectivity index is 1.78. The highest BCUT2D eigenvalue weighted by atomic mass is 16.3. The fourth-order valence-corrected chi connectivity index (χ4v) is 2.98. The Morgan fingerprint density at radius 2 is 1.84 bits per heavy atom. The Morgan fingerprint density at radius 1 is 1.24 bits per heavy atom. The van der Waals surface area contributed by atoms with Crippen molar-refractivity contribution in [3.8, 4) is 0 Å². The number of benzene rings is 1. The number of nitrogens with one attached hydrogen (secondary N) is 2. The fraction of sp³-hybridized carbons (Fsp3) is 0.632. The molecule has 0 saturated carbocycles. The van der Waals surface area contributed by atoms with E-state index in [9.17, 15) is 4.79 Å². The van der Waals surface area contributed by atoms with Crippen LogP contribution in [0.1, 0.15) is 26.7 Å². The van der Waals surface area contributed by atoms with Crippen LogP contribution in [0.3, 0.4) is 0 Å². The second-order valence-electron chi connectivity index (χ2n) is 7.24. The Kier molecular flexibility index (Phi) is 6.93. The first-order chi connectivity index (χ1) is 11.9. The predicted molar refractivity (Wildman–Crippen MR) is 103 cm³/mol. The van der Waals surface area contributed by atoms with E-state index in [1.807, 2.05) is 27.9 Å². The summed E-state index contributed by atoms with van der Waals surface area (Å²) in [5.74, 6) is 0.0535. The van der Waals surface area contributed by atoms with Crippen molar-refractivity contribution in [2.75, 3.05) is 43.6 Å². The van der Waals surface area contributed by atoms with Crippen molar-refractivity contribution in [1.29, 1.82) is 0 Å². The molecule has 2 rings (SSSR count). The SMILES string of the molecule is CC(CO)C(C)NC(=O)NC1CCN(c2ccc(N(C)C)cc2)CC1. The molecule has 1 aromatic carbocycles. The number of aliphatic hydroxyl groups excluding tert-OH is 1. The fourth-order valence-electron chi connectivity index (χ4n) is 2.98. The van der Waals surface area contributed by atoms with Gasteiger partial charge in [-0.2, -0.15) is 0 Å². The number of carbonyl (C=O) groups excluding carboxylic acids is 1. The molecule has 1 heterocycles. The number of hydrogen-bond donors (Lipinski definition) is 3. The average Bonchev–Trinajstić information content (AvgIpc) is 2.61. The van der Waals surface area contributed by atoms with Crippen molar-refractivity contribution in [3.05, 3.63) is 24.3 Å². The van der Waals surface area contributed by atoms with Crippen LogP contribution in [-0.4, -0.2) is 57.0 Å². The summed E-state index contributed by atoms with van der Waals surface area (Å²) in [6.45, 7) is 5.79. The molecule has 25 heavy (non-hydrogen) atoms. The summed E-state index contributed by atoms with van der Waals surface area (Å²) < 4.78 is 0. The number of urea groups is 1. The van der Waals surface area contributed by atoms with E-state index in [1.165, 1.54) is 11.4 Å². The molecule has 0 spiro atoms. The molecule has 1 saturated heterocycles. The van der Waals surface area contributed by atoms with Gasteiger partial charge >= 0.3 is 6.03 Å². The van der Waals surface area contributed by atoms with Crippen molar-refractivity contribution < 1.29 is 9.90 Å². The summed E-state index contributed by atoms with van der Waals surface area (Å²) in [7, 11) is 4.08. The first-order valence-electron chi connectivity index (χ1n) is 9.11. The molecule has 1 aromatic rings. The quantitative estimate of drug-likeness (QED) is 0.736. The lowest BCUT2D eigenvalue weighted by atomic mass is 10.0. The van der Waals surface area contributed by atoms with Gasteiger partial charge in [0.1, 0.15) is 0 Å². The highest BCUT2D eigenvalue weighted by Gasteiger charge is 2.22. The van der Waals surface area contributed by atoms with Crippen molar-refractivity contribution in [2.45, 2.75) is 38.8 Å². The van der Waals surface area contributed by atoms with E-state index in [1.54, 1.807) is 0 Å². The minimum Gasteiger partial charge on any atom is -0.396 e. The number of amides is 2. The molecule has 2 atom stereocenters. The number of carbonyl (C=O) groups is 1. The van der Waals surface area contributed by atoms with E-state index in [0.717, 1.165) is 25.9 Å². The lowest BCUT2D eigenvalue weighted by molar-refractivity contribution is 0.198. The number of piperidine rings is 1. The van der Waals surface area contributed by atoms with Gasteiger partial charge in [-0.15, -0.1) is 0 Å². The number of rotatable bonds is 6. The Labute approximate surface area is 151 Å². The van der Waals surface area contributed by atoms with Crippen LogP contribution in [0.2, 0.25) is 0 Å². The van der Waals surface area contributed by atoms with Gasteiger partial charge in [-0.05, 0) is 49.9 Å². The molecule has 0 radical (unpaired) electrons. The molecule has 0 bridgehead atoms. The number of aliphatic hydroxyl groups is 1. The first-order valence-corrected chi connectivity index (χ1v) is 9.11. The van der Waals surface area contributed by atoms with Crippen LogP contribution in [-0.2, 0) is 0 Å². The van der Waals surface area contributed by atoms with Crippen LogP contribution in [0, 0.1) is 5.92 Å². The summed E-state index contributed by atoms with van der Waals surface area (Å²) in [6, 6.07) is 8.62. The van der Waals surface area contributed by atoms with E-state index in [-0.39, 0.29) is 30.6 Å². The summed E-state index contributed by atoms with van der Waals surface area (Å²) in [6.07, 6.45) is 1.87. The molecule has 0 aromatic heterocycles. The first kappa shape index (κ1) is 19.4. The van der Waals surface area contributed by atoms with E-state index < -0.39 is 0 Å². The van der Waals surface area contributed by atoms with Crippen LogP contribution in [0.25, 0.3) is 0 Å². The molecular formula is C19H32N4O2. The predicted octanol–water partition coefficient (Wildman–Crippen LogP) is 2.04. The summed E-state index contributed by atoms with van der Waals surface area (Å²) in [4.78, 5) is 16.5. The Hall–Kier alpha value is -1.95. The normalized spacial score (nSPS) is 17.7. The van der Waals surface area contributed by atoms with Gasteiger partial charge in [0.2, 0.25) is 0 Å². The smallest absolute Gasteiger partial charge is 0.315 e. The molecule has 2 unspecified atom stereocenters. The maximum atomic E-state index is 12.1. The van der Waals surface area contributed by atoms with Gasteiger partial charge in [-0.1, -0.05) is 6.92 Å². The van der Waals surface area contributed by atoms with Crippen molar-refractivity contribution in [1.82, 2.24) is 10.6 Å². The third kappa shape index (κ3) is 5.53. The zero-order valence-corrected chi connectivity index (χ0v) is 15.8. The monoisotopic (exact) mass is 348 g/mol. The topological polar surface area (TPSA) is 67.8 Å². The Morgan fingerprint density at radius 3 is 2.36 bits per heavy atom. The molecular weight excluding hydrogens is 316 g/mol. The summed E-state index contributed by atoms with van der Waals surface area (Å²) in [5, 5.41) is 15.1. The van der Waals surface area contributed by atoms with Gasteiger partial charge < -0.3 is 25.5 Å². The third-order valence-electron chi connectivity index (χ3n) is 5.06. The second-order valence-corrected chi connectivity index (χ2v) is 7.24. The largest absolute Gasteiger partial charge is 0.396 e. The van der Waals surface area contributed by atoms with Crippen LogP contribution < -0.4 is 20.4 Å². The summed E-state index contributed by atoms with van der Waals surface area (Å²) in [5.41, 5.74) is 2.43. The molecule has 140 valence electrons. The van der Waals surface area contributed by atoms with Crippen molar-refractivity contribution in [3.63, 3.8) is 0 Å². The van der Waals surface area contributed by atoms with Gasteiger partial charge in [0, 0.05) is 57.3 Å². The minimum absolute atomic E-state index is 0.0414. The molecule has 6 heteroatoms. The van der Waals surface area contributed by atoms with Gasteiger partial charge in [-0.3, -0.25) is 0 Å². The van der Waals surface area contributed by atoms with Crippen LogP contribution >= 0.6 is 0 Å². The molecule has 2 amide bonds. The number of anilines is 2. The van der Waals surface area contributed by atoms with Gasteiger partial charge in [0.15, 0.2) is 0 Å². The second kappa shape index (κ2) is 8.94. The third-order valence-corrected chi connectivity index (χ3v) is 5.06. The molecule has 6 nitrogen and oxygen atoms in total. The van der Waals surface area contributed by atoms with Crippen molar-refractivity contribution in [2.24, 2.45) is 5.92 Å². The zero-order valence-electron chi connectivity index (χ0n) is 15.8. The minimum atomic E-state index is -0.137. The maximum Gasteiger partial charge on any atom is 0.315 e. The van der Waals surface area contributed by atoms with Crippen LogP contribution in [0.15, 0.2) is 24.3 Å². The molecule has 3 N–H and O–H groups in total. The van der Waals surface area contributed by atoms with E-state index >= 15 is 0 Å². The number of hydrogen-bond acceptors (Lipinski definition) is 4. The Bertz CT molecular complexity index is 539. The van der Waals surface area contributed by atoms with Crippen LogP contribution in [0.4, 0.5) is 16.2 Å². The van der Waals surface area contributed by atoms with E-state index in [2.05, 4.69) is 44.7 Å². The maximum absolute atomic E-state index is 12.1. The standard InChI is InChI=1S/C19H32N4O2/c1-14(13-24)15(2)20-19(25)21-16-9-11-23(12-10-16)18-7-5-17(6-8-18)22(3)4/h5-8,14-16,24H,9-13H2,1-4H3,(H2,20,21,25).